The van der Waals surface area contributed by atoms with Crippen LogP contribution >= 0.6 is 0 Å². The van der Waals surface area contributed by atoms with E-state index in [1.54, 1.807) is 32.0 Å². The fourth-order valence-electron chi connectivity index (χ4n) is 1.87. The van der Waals surface area contributed by atoms with Crippen LogP contribution in [0.1, 0.15) is 32.9 Å². The molecule has 1 aromatic heterocycles. The molecular weight excluding hydrogens is 229 g/mol. The summed E-state index contributed by atoms with van der Waals surface area (Å²) in [5.74, 6) is -0.423. The second kappa shape index (κ2) is 4.69. The van der Waals surface area contributed by atoms with Crippen molar-refractivity contribution in [1.82, 2.24) is 4.98 Å². The van der Waals surface area contributed by atoms with Crippen LogP contribution in [-0.2, 0) is 0 Å². The molecule has 0 spiro atoms. The lowest BCUT2D eigenvalue weighted by Gasteiger charge is -2.06. The van der Waals surface area contributed by atoms with Crippen molar-refractivity contribution in [3.63, 3.8) is 0 Å². The monoisotopic (exact) mass is 243 g/mol. The average Bonchev–Trinajstić information content (AvgIpc) is 2.32. The van der Waals surface area contributed by atoms with Crippen molar-refractivity contribution in [2.75, 3.05) is 0 Å². The Morgan fingerprint density at radius 2 is 1.83 bits per heavy atom. The van der Waals surface area contributed by atoms with Gasteiger partial charge >= 0.3 is 0 Å². The fourth-order valence-corrected chi connectivity index (χ4v) is 1.87. The first-order valence-corrected chi connectivity index (χ1v) is 5.74. The maximum atomic E-state index is 13.2. The number of nitrogens with zero attached hydrogens (tertiary/aromatic N) is 1. The molecule has 0 aliphatic rings. The summed E-state index contributed by atoms with van der Waals surface area (Å²) in [5, 5.41) is 0. The zero-order valence-corrected chi connectivity index (χ0v) is 10.6. The molecule has 0 unspecified atom stereocenters. The molecule has 1 aromatic carbocycles. The molecule has 0 radical (unpaired) electrons. The van der Waals surface area contributed by atoms with E-state index < -0.39 is 0 Å². The Morgan fingerprint density at radius 1 is 1.11 bits per heavy atom. The number of benzene rings is 1. The smallest absolute Gasteiger partial charge is 0.194 e. The first-order chi connectivity index (χ1) is 8.49. The predicted molar refractivity (Wildman–Crippen MR) is 68.3 cm³/mol. The Balaban J connectivity index is 2.44. The third-order valence-corrected chi connectivity index (χ3v) is 2.89. The Kier molecular flexibility index (Phi) is 3.24. The molecule has 0 saturated heterocycles. The first kappa shape index (κ1) is 12.4. The predicted octanol–water partition coefficient (Wildman–Crippen LogP) is 3.38. The van der Waals surface area contributed by atoms with Crippen molar-refractivity contribution in [2.24, 2.45) is 0 Å². The molecule has 1 heterocycles. The minimum absolute atomic E-state index is 0.122. The van der Waals surface area contributed by atoms with Gasteiger partial charge in [0.2, 0.25) is 0 Å². The second-order valence-electron chi connectivity index (χ2n) is 4.38. The molecule has 0 atom stereocenters. The van der Waals surface area contributed by atoms with Gasteiger partial charge in [0.1, 0.15) is 5.82 Å². The van der Waals surface area contributed by atoms with Crippen molar-refractivity contribution in [3.05, 3.63) is 64.2 Å². The highest BCUT2D eigenvalue weighted by molar-refractivity contribution is 6.09. The minimum Gasteiger partial charge on any atom is -0.289 e. The number of hydrogen-bond donors (Lipinski definition) is 0. The first-order valence-electron chi connectivity index (χ1n) is 5.74. The minimum atomic E-state index is -0.301. The lowest BCUT2D eigenvalue weighted by Crippen LogP contribution is -2.06. The third kappa shape index (κ3) is 2.30. The quantitative estimate of drug-likeness (QED) is 0.757. The number of aryl methyl sites for hydroxylation is 3. The van der Waals surface area contributed by atoms with Gasteiger partial charge in [0, 0.05) is 22.5 Å². The van der Waals surface area contributed by atoms with E-state index in [0.29, 0.717) is 22.4 Å². The highest BCUT2D eigenvalue weighted by Gasteiger charge is 2.13. The Morgan fingerprint density at radius 3 is 2.44 bits per heavy atom. The number of rotatable bonds is 2. The van der Waals surface area contributed by atoms with E-state index in [0.717, 1.165) is 5.69 Å². The van der Waals surface area contributed by atoms with E-state index in [1.807, 2.05) is 6.92 Å². The van der Waals surface area contributed by atoms with E-state index in [1.165, 1.54) is 12.1 Å². The molecule has 2 nitrogen and oxygen atoms in total. The van der Waals surface area contributed by atoms with Crippen LogP contribution in [0, 0.1) is 26.6 Å². The molecule has 3 heteroatoms. The van der Waals surface area contributed by atoms with E-state index in [9.17, 15) is 9.18 Å². The van der Waals surface area contributed by atoms with Crippen molar-refractivity contribution in [2.45, 2.75) is 20.8 Å². The van der Waals surface area contributed by atoms with Gasteiger partial charge < -0.3 is 0 Å². The SMILES string of the molecule is Cc1ccc(C(=O)c2ccc(F)c(C)c2)c(C)n1. The van der Waals surface area contributed by atoms with Crippen molar-refractivity contribution >= 4 is 5.78 Å². The topological polar surface area (TPSA) is 30.0 Å². The van der Waals surface area contributed by atoms with Crippen LogP contribution in [0.3, 0.4) is 0 Å². The number of carbonyl (C=O) groups is 1. The van der Waals surface area contributed by atoms with Crippen molar-refractivity contribution in [3.8, 4) is 0 Å². The van der Waals surface area contributed by atoms with Gasteiger partial charge in [0.25, 0.3) is 0 Å². The molecule has 0 saturated carbocycles. The molecule has 0 bridgehead atoms. The van der Waals surface area contributed by atoms with E-state index in [-0.39, 0.29) is 11.6 Å². The van der Waals surface area contributed by atoms with Crippen LogP contribution in [-0.4, -0.2) is 10.8 Å². The van der Waals surface area contributed by atoms with Crippen molar-refractivity contribution in [1.29, 1.82) is 0 Å². The van der Waals surface area contributed by atoms with Gasteiger partial charge in [-0.15, -0.1) is 0 Å². The molecule has 0 N–H and O–H groups in total. The number of ketones is 1. The average molecular weight is 243 g/mol. The van der Waals surface area contributed by atoms with Gasteiger partial charge in [0.05, 0.1) is 0 Å². The van der Waals surface area contributed by atoms with Crippen LogP contribution in [0.2, 0.25) is 0 Å². The van der Waals surface area contributed by atoms with Crippen molar-refractivity contribution < 1.29 is 9.18 Å². The van der Waals surface area contributed by atoms with Crippen LogP contribution in [0.15, 0.2) is 30.3 Å². The van der Waals surface area contributed by atoms with Gasteiger partial charge in [-0.3, -0.25) is 9.78 Å². The van der Waals surface area contributed by atoms with Gasteiger partial charge in [-0.05, 0) is 56.7 Å². The Bertz CT molecular complexity index is 620. The molecule has 0 fully saturated rings. The summed E-state index contributed by atoms with van der Waals surface area (Å²) in [6, 6.07) is 7.95. The third-order valence-electron chi connectivity index (χ3n) is 2.89. The van der Waals surface area contributed by atoms with E-state index in [2.05, 4.69) is 4.98 Å². The molecule has 2 rings (SSSR count). The Labute approximate surface area is 105 Å². The molecular formula is C15H14FNO. The second-order valence-corrected chi connectivity index (χ2v) is 4.38. The number of carbonyl (C=O) groups excluding carboxylic acids is 1. The fraction of sp³-hybridized carbons (Fsp3) is 0.200. The normalized spacial score (nSPS) is 10.4. The number of hydrogen-bond acceptors (Lipinski definition) is 2. The van der Waals surface area contributed by atoms with E-state index in [4.69, 9.17) is 0 Å². The van der Waals surface area contributed by atoms with Crippen LogP contribution in [0.4, 0.5) is 4.39 Å². The van der Waals surface area contributed by atoms with Crippen LogP contribution in [0.25, 0.3) is 0 Å². The molecule has 0 aliphatic heterocycles. The van der Waals surface area contributed by atoms with Gasteiger partial charge in [-0.25, -0.2) is 4.39 Å². The van der Waals surface area contributed by atoms with Gasteiger partial charge in [-0.1, -0.05) is 0 Å². The molecule has 2 aromatic rings. The maximum Gasteiger partial charge on any atom is 0.194 e. The number of pyridine rings is 1. The number of aromatic nitrogens is 1. The van der Waals surface area contributed by atoms with Gasteiger partial charge in [0.15, 0.2) is 5.78 Å². The standard InChI is InChI=1S/C15H14FNO/c1-9-8-12(5-7-14(9)16)15(18)13-6-4-10(2)17-11(13)3/h4-8H,1-3H3. The van der Waals surface area contributed by atoms with E-state index >= 15 is 0 Å². The largest absolute Gasteiger partial charge is 0.289 e. The highest BCUT2D eigenvalue weighted by atomic mass is 19.1. The summed E-state index contributed by atoms with van der Waals surface area (Å²) in [6.07, 6.45) is 0. The van der Waals surface area contributed by atoms with Gasteiger partial charge in [-0.2, -0.15) is 0 Å². The molecule has 18 heavy (non-hydrogen) atoms. The summed E-state index contributed by atoms with van der Waals surface area (Å²) >= 11 is 0. The Hall–Kier alpha value is -2.03. The molecule has 0 amide bonds. The summed E-state index contributed by atoms with van der Waals surface area (Å²) in [5.41, 5.74) is 3.09. The zero-order valence-electron chi connectivity index (χ0n) is 10.6. The lowest BCUT2D eigenvalue weighted by atomic mass is 10.0. The summed E-state index contributed by atoms with van der Waals surface area (Å²) < 4.78 is 13.2. The summed E-state index contributed by atoms with van der Waals surface area (Å²) in [7, 11) is 0. The number of halogens is 1. The highest BCUT2D eigenvalue weighted by Crippen LogP contribution is 2.16. The lowest BCUT2D eigenvalue weighted by molar-refractivity contribution is 0.103. The maximum absolute atomic E-state index is 13.2. The zero-order chi connectivity index (χ0) is 13.3. The van der Waals surface area contributed by atoms with Crippen LogP contribution < -0.4 is 0 Å². The molecule has 92 valence electrons. The van der Waals surface area contributed by atoms with Crippen LogP contribution in [0.5, 0.6) is 0 Å². The summed E-state index contributed by atoms with van der Waals surface area (Å²) in [6.45, 7) is 5.33. The molecule has 0 aliphatic carbocycles. The summed E-state index contributed by atoms with van der Waals surface area (Å²) in [4.78, 5) is 16.5.